The molecule has 5 rings (SSSR count). The second-order valence-corrected chi connectivity index (χ2v) is 9.27. The van der Waals surface area contributed by atoms with E-state index in [1.54, 1.807) is 16.0 Å². The van der Waals surface area contributed by atoms with Gasteiger partial charge in [-0.2, -0.15) is 0 Å². The molecule has 0 saturated carbocycles. The smallest absolute Gasteiger partial charge is 0.124 e. The Bertz CT molecular complexity index is 988. The highest BCUT2D eigenvalue weighted by atomic mass is 35.5. The van der Waals surface area contributed by atoms with Crippen molar-refractivity contribution in [2.75, 3.05) is 0 Å². The first kappa shape index (κ1) is 19.0. The second-order valence-electron chi connectivity index (χ2n) is 8.19. The van der Waals surface area contributed by atoms with Gasteiger partial charge < -0.3 is 0 Å². The van der Waals surface area contributed by atoms with Crippen LogP contribution in [0.3, 0.4) is 0 Å². The molecular weight excluding hydrogens is 370 g/mol. The van der Waals surface area contributed by atoms with E-state index in [1.807, 2.05) is 11.3 Å². The predicted octanol–water partition coefficient (Wildman–Crippen LogP) is 7.09. The summed E-state index contributed by atoms with van der Waals surface area (Å²) in [6.45, 7) is 4.56. The maximum atomic E-state index is 5.22. The number of benzene rings is 1. The van der Waals surface area contributed by atoms with Gasteiger partial charge in [-0.1, -0.05) is 43.2 Å². The zero-order valence-corrected chi connectivity index (χ0v) is 17.9. The van der Waals surface area contributed by atoms with E-state index >= 15 is 0 Å². The number of hydrogen-bond acceptors (Lipinski definition) is 2. The summed E-state index contributed by atoms with van der Waals surface area (Å²) in [5.41, 5.74) is 8.88. The van der Waals surface area contributed by atoms with Crippen LogP contribution in [0.1, 0.15) is 59.9 Å². The summed E-state index contributed by atoms with van der Waals surface area (Å²) in [5, 5.41) is 1.51. The summed E-state index contributed by atoms with van der Waals surface area (Å²) in [7, 11) is 0. The molecule has 2 aliphatic carbocycles. The van der Waals surface area contributed by atoms with Crippen LogP contribution in [-0.2, 0) is 25.7 Å². The molecule has 1 atom stereocenters. The maximum Gasteiger partial charge on any atom is 0.124 e. The van der Waals surface area contributed by atoms with Gasteiger partial charge >= 0.3 is 0 Å². The quantitative estimate of drug-likeness (QED) is 0.449. The lowest BCUT2D eigenvalue weighted by molar-refractivity contribution is 0.441. The van der Waals surface area contributed by atoms with E-state index in [2.05, 4.69) is 38.1 Å². The van der Waals surface area contributed by atoms with Crippen LogP contribution in [0.5, 0.6) is 0 Å². The van der Waals surface area contributed by atoms with Crippen LogP contribution in [0, 0.1) is 12.8 Å². The number of nitrogens with zero attached hydrogens (tertiary/aromatic N) is 1. The molecule has 1 nitrogen and oxygen atoms in total. The summed E-state index contributed by atoms with van der Waals surface area (Å²) in [6.07, 6.45) is 10.1. The van der Waals surface area contributed by atoms with Crippen LogP contribution >= 0.6 is 23.7 Å². The number of aromatic nitrogens is 1. The molecule has 1 aromatic carbocycles. The van der Waals surface area contributed by atoms with E-state index in [1.165, 1.54) is 77.5 Å². The molecule has 142 valence electrons. The Labute approximate surface area is 172 Å². The van der Waals surface area contributed by atoms with Crippen molar-refractivity contribution in [2.24, 2.45) is 5.92 Å². The minimum absolute atomic E-state index is 0. The number of fused-ring (bicyclic) bond motifs is 4. The van der Waals surface area contributed by atoms with E-state index < -0.39 is 0 Å². The summed E-state index contributed by atoms with van der Waals surface area (Å²) in [4.78, 5) is 8.14. The van der Waals surface area contributed by atoms with Crippen LogP contribution < -0.4 is 0 Å². The van der Waals surface area contributed by atoms with Crippen molar-refractivity contribution in [3.8, 4) is 11.1 Å². The SMILES string of the molecule is CCC1CCc2nc3sc4c(c3c(-c3cccc(C)c3)c2C1)CCCC4.Cl. The second kappa shape index (κ2) is 7.56. The number of rotatable bonds is 2. The third kappa shape index (κ3) is 3.21. The molecule has 1 unspecified atom stereocenters. The van der Waals surface area contributed by atoms with Gasteiger partial charge in [0, 0.05) is 16.0 Å². The van der Waals surface area contributed by atoms with E-state index in [0.29, 0.717) is 0 Å². The Hall–Kier alpha value is -1.38. The van der Waals surface area contributed by atoms with Crippen molar-refractivity contribution in [3.63, 3.8) is 0 Å². The largest absolute Gasteiger partial charge is 0.242 e. The van der Waals surface area contributed by atoms with Gasteiger partial charge in [-0.05, 0) is 80.0 Å². The topological polar surface area (TPSA) is 12.9 Å². The average molecular weight is 398 g/mol. The molecule has 3 aromatic rings. The van der Waals surface area contributed by atoms with Crippen LogP contribution in [0.25, 0.3) is 21.3 Å². The molecule has 0 N–H and O–H groups in total. The van der Waals surface area contributed by atoms with Crippen molar-refractivity contribution in [1.29, 1.82) is 0 Å². The minimum atomic E-state index is 0. The van der Waals surface area contributed by atoms with Crippen LogP contribution in [0.4, 0.5) is 0 Å². The zero-order chi connectivity index (χ0) is 17.7. The van der Waals surface area contributed by atoms with Gasteiger partial charge in [0.2, 0.25) is 0 Å². The Kier molecular flexibility index (Phi) is 5.31. The molecule has 0 fully saturated rings. The van der Waals surface area contributed by atoms with Crippen molar-refractivity contribution in [3.05, 3.63) is 51.5 Å². The molecule has 0 amide bonds. The molecule has 0 saturated heterocycles. The highest BCUT2D eigenvalue weighted by Gasteiger charge is 2.27. The Morgan fingerprint density at radius 3 is 2.78 bits per heavy atom. The van der Waals surface area contributed by atoms with Crippen LogP contribution in [0.2, 0.25) is 0 Å². The molecule has 0 bridgehead atoms. The normalized spacial score (nSPS) is 18.7. The Morgan fingerprint density at radius 2 is 1.96 bits per heavy atom. The number of halogens is 1. The molecule has 3 heteroatoms. The lowest BCUT2D eigenvalue weighted by Gasteiger charge is -2.26. The van der Waals surface area contributed by atoms with Crippen molar-refractivity contribution in [2.45, 2.75) is 65.2 Å². The standard InChI is InChI=1S/C24H27NS.ClH/c1-3-16-11-12-20-19(14-16)22(17-8-6-7-15(2)13-17)23-18-9-4-5-10-21(18)26-24(23)25-20;/h6-8,13,16H,3-5,9-12,14H2,1-2H3;1H. The van der Waals surface area contributed by atoms with Gasteiger partial charge in [0.05, 0.1) is 0 Å². The average Bonchev–Trinajstić information content (AvgIpc) is 3.03. The van der Waals surface area contributed by atoms with Gasteiger partial charge in [-0.3, -0.25) is 0 Å². The molecular formula is C24H28ClNS. The summed E-state index contributed by atoms with van der Waals surface area (Å²) >= 11 is 1.98. The Morgan fingerprint density at radius 1 is 1.11 bits per heavy atom. The zero-order valence-electron chi connectivity index (χ0n) is 16.3. The lowest BCUT2D eigenvalue weighted by atomic mass is 9.80. The van der Waals surface area contributed by atoms with Crippen molar-refractivity contribution < 1.29 is 0 Å². The fraction of sp³-hybridized carbons (Fsp3) is 0.458. The van der Waals surface area contributed by atoms with E-state index in [0.717, 1.165) is 12.3 Å². The van der Waals surface area contributed by atoms with Gasteiger partial charge in [0.15, 0.2) is 0 Å². The molecule has 2 aromatic heterocycles. The number of pyridine rings is 1. The van der Waals surface area contributed by atoms with Gasteiger partial charge in [0.25, 0.3) is 0 Å². The Balaban J connectivity index is 0.00000180. The van der Waals surface area contributed by atoms with Crippen LogP contribution in [0.15, 0.2) is 24.3 Å². The monoisotopic (exact) mass is 397 g/mol. The predicted molar refractivity (Wildman–Crippen MR) is 119 cm³/mol. The maximum absolute atomic E-state index is 5.22. The first-order valence-electron chi connectivity index (χ1n) is 10.3. The van der Waals surface area contributed by atoms with Crippen LogP contribution in [-0.4, -0.2) is 4.98 Å². The highest BCUT2D eigenvalue weighted by molar-refractivity contribution is 7.19. The molecule has 0 aliphatic heterocycles. The van der Waals surface area contributed by atoms with Gasteiger partial charge in [-0.25, -0.2) is 4.98 Å². The molecule has 2 aliphatic rings. The number of hydrogen-bond donors (Lipinski definition) is 0. The first-order valence-corrected chi connectivity index (χ1v) is 11.1. The molecule has 27 heavy (non-hydrogen) atoms. The fourth-order valence-electron chi connectivity index (χ4n) is 5.00. The number of aryl methyl sites for hydroxylation is 4. The third-order valence-corrected chi connectivity index (χ3v) is 7.64. The van der Waals surface area contributed by atoms with Gasteiger partial charge in [0.1, 0.15) is 4.83 Å². The molecule has 0 radical (unpaired) electrons. The summed E-state index contributed by atoms with van der Waals surface area (Å²) < 4.78 is 0. The summed E-state index contributed by atoms with van der Waals surface area (Å²) in [5.74, 6) is 0.819. The van der Waals surface area contributed by atoms with E-state index in [4.69, 9.17) is 4.98 Å². The van der Waals surface area contributed by atoms with Crippen molar-refractivity contribution >= 4 is 34.0 Å². The van der Waals surface area contributed by atoms with Crippen molar-refractivity contribution in [1.82, 2.24) is 4.98 Å². The van der Waals surface area contributed by atoms with E-state index in [-0.39, 0.29) is 12.4 Å². The lowest BCUT2D eigenvalue weighted by Crippen LogP contribution is -2.16. The molecule has 0 spiro atoms. The summed E-state index contributed by atoms with van der Waals surface area (Å²) in [6, 6.07) is 9.15. The third-order valence-electron chi connectivity index (χ3n) is 6.46. The van der Waals surface area contributed by atoms with Gasteiger partial charge in [-0.15, -0.1) is 23.7 Å². The molecule has 2 heterocycles. The fourth-order valence-corrected chi connectivity index (χ4v) is 6.29. The first-order chi connectivity index (χ1) is 12.7. The van der Waals surface area contributed by atoms with E-state index in [9.17, 15) is 0 Å². The minimum Gasteiger partial charge on any atom is -0.242 e. The number of thiophene rings is 1. The highest BCUT2D eigenvalue weighted by Crippen LogP contribution is 2.45.